The maximum absolute atomic E-state index is 13.0. The lowest BCUT2D eigenvalue weighted by atomic mass is 9.97. The average Bonchev–Trinajstić information content (AvgIpc) is 2.82. The molecule has 0 spiro atoms. The van der Waals surface area contributed by atoms with Gasteiger partial charge < -0.3 is 20.3 Å². The highest BCUT2D eigenvalue weighted by atomic mass is 35.5. The molecule has 2 N–H and O–H groups in total. The summed E-state index contributed by atoms with van der Waals surface area (Å²) in [5, 5.41) is 5.92. The number of rotatable bonds is 11. The van der Waals surface area contributed by atoms with Gasteiger partial charge in [-0.1, -0.05) is 50.1 Å². The third-order valence-corrected chi connectivity index (χ3v) is 5.78. The number of amides is 3. The number of anilines is 1. The van der Waals surface area contributed by atoms with Gasteiger partial charge in [0.25, 0.3) is 11.8 Å². The first-order chi connectivity index (χ1) is 15.8. The van der Waals surface area contributed by atoms with E-state index in [0.717, 1.165) is 0 Å². The third kappa shape index (κ3) is 7.49. The molecule has 0 aliphatic heterocycles. The van der Waals surface area contributed by atoms with Crippen LogP contribution in [0.15, 0.2) is 48.5 Å². The first kappa shape index (κ1) is 26.2. The van der Waals surface area contributed by atoms with Gasteiger partial charge in [0, 0.05) is 24.3 Å². The maximum atomic E-state index is 13.0. The zero-order valence-corrected chi connectivity index (χ0v) is 20.3. The summed E-state index contributed by atoms with van der Waals surface area (Å²) in [5.41, 5.74) is 0.956. The molecule has 33 heavy (non-hydrogen) atoms. The molecule has 178 valence electrons. The summed E-state index contributed by atoms with van der Waals surface area (Å²) in [4.78, 5) is 39.4. The number of carbonyl (C=O) groups is 3. The van der Waals surface area contributed by atoms with Crippen molar-refractivity contribution in [3.63, 3.8) is 0 Å². The predicted octanol–water partition coefficient (Wildman–Crippen LogP) is 4.37. The number of hydrogen-bond donors (Lipinski definition) is 2. The number of benzene rings is 2. The van der Waals surface area contributed by atoms with Crippen molar-refractivity contribution in [2.75, 3.05) is 25.0 Å². The van der Waals surface area contributed by atoms with Crippen molar-refractivity contribution in [2.45, 2.75) is 40.2 Å². The number of halogens is 1. The van der Waals surface area contributed by atoms with Crippen molar-refractivity contribution in [1.29, 1.82) is 0 Å². The molecule has 7 nitrogen and oxygen atoms in total. The van der Waals surface area contributed by atoms with Crippen LogP contribution >= 0.6 is 11.6 Å². The summed E-state index contributed by atoms with van der Waals surface area (Å²) >= 11 is 6.31. The van der Waals surface area contributed by atoms with E-state index in [9.17, 15) is 14.4 Å². The van der Waals surface area contributed by atoms with Crippen LogP contribution in [0.2, 0.25) is 5.02 Å². The molecule has 0 radical (unpaired) electrons. The molecular formula is C25H32ClN3O4. The summed E-state index contributed by atoms with van der Waals surface area (Å²) in [7, 11) is 0. The van der Waals surface area contributed by atoms with Gasteiger partial charge in [-0.2, -0.15) is 0 Å². The second-order valence-corrected chi connectivity index (χ2v) is 8.10. The van der Waals surface area contributed by atoms with E-state index in [4.69, 9.17) is 16.3 Å². The minimum Gasteiger partial charge on any atom is -0.482 e. The lowest BCUT2D eigenvalue weighted by Gasteiger charge is -2.24. The van der Waals surface area contributed by atoms with E-state index in [1.54, 1.807) is 47.4 Å². The van der Waals surface area contributed by atoms with Gasteiger partial charge >= 0.3 is 0 Å². The highest BCUT2D eigenvalue weighted by molar-refractivity contribution is 6.32. The van der Waals surface area contributed by atoms with Gasteiger partial charge in [0.2, 0.25) is 5.91 Å². The monoisotopic (exact) mass is 473 g/mol. The molecule has 2 unspecified atom stereocenters. The number of nitrogens with one attached hydrogen (secondary N) is 2. The van der Waals surface area contributed by atoms with E-state index >= 15 is 0 Å². The minimum absolute atomic E-state index is 0.0816. The van der Waals surface area contributed by atoms with Crippen LogP contribution in [0.3, 0.4) is 0 Å². The molecule has 0 saturated heterocycles. The molecule has 0 aliphatic carbocycles. The van der Waals surface area contributed by atoms with Crippen LogP contribution in [0.1, 0.15) is 44.5 Å². The molecule has 0 saturated carbocycles. The fourth-order valence-electron chi connectivity index (χ4n) is 3.24. The second kappa shape index (κ2) is 12.8. The van der Waals surface area contributed by atoms with Crippen LogP contribution in [-0.2, 0) is 9.59 Å². The van der Waals surface area contributed by atoms with E-state index in [-0.39, 0.29) is 35.3 Å². The van der Waals surface area contributed by atoms with Gasteiger partial charge in [0.15, 0.2) is 6.61 Å². The van der Waals surface area contributed by atoms with E-state index in [1.165, 1.54) is 0 Å². The van der Waals surface area contributed by atoms with Gasteiger partial charge in [-0.05, 0) is 50.1 Å². The van der Waals surface area contributed by atoms with Crippen LogP contribution in [0, 0.1) is 5.92 Å². The van der Waals surface area contributed by atoms with Crippen molar-refractivity contribution in [3.8, 4) is 5.75 Å². The molecule has 2 aromatic rings. The number of nitrogens with zero attached hydrogens (tertiary/aromatic N) is 1. The lowest BCUT2D eigenvalue weighted by Crippen LogP contribution is -2.47. The van der Waals surface area contributed by atoms with Gasteiger partial charge in [0.05, 0.1) is 5.02 Å². The summed E-state index contributed by atoms with van der Waals surface area (Å²) < 4.78 is 5.56. The molecule has 0 bridgehead atoms. The maximum Gasteiger partial charge on any atom is 0.260 e. The van der Waals surface area contributed by atoms with Crippen molar-refractivity contribution in [1.82, 2.24) is 10.2 Å². The highest BCUT2D eigenvalue weighted by Gasteiger charge is 2.26. The Balaban J connectivity index is 2.06. The molecule has 2 aromatic carbocycles. The van der Waals surface area contributed by atoms with Crippen molar-refractivity contribution in [2.24, 2.45) is 5.92 Å². The molecule has 3 amide bonds. The van der Waals surface area contributed by atoms with Crippen molar-refractivity contribution in [3.05, 3.63) is 59.1 Å². The van der Waals surface area contributed by atoms with Crippen LogP contribution in [0.25, 0.3) is 0 Å². The number of carbonyl (C=O) groups excluding carboxylic acids is 3. The first-order valence-electron chi connectivity index (χ1n) is 11.2. The summed E-state index contributed by atoms with van der Waals surface area (Å²) in [6.07, 6.45) is 0.710. The molecular weight excluding hydrogens is 442 g/mol. The average molecular weight is 474 g/mol. The van der Waals surface area contributed by atoms with E-state index in [1.807, 2.05) is 33.8 Å². The fraction of sp³-hybridized carbons (Fsp3) is 0.400. The van der Waals surface area contributed by atoms with Crippen LogP contribution < -0.4 is 15.4 Å². The number of hydrogen-bond acceptors (Lipinski definition) is 4. The largest absolute Gasteiger partial charge is 0.482 e. The van der Waals surface area contributed by atoms with Crippen molar-refractivity contribution >= 4 is 35.0 Å². The first-order valence-corrected chi connectivity index (χ1v) is 11.5. The molecule has 0 aliphatic rings. The molecule has 2 rings (SSSR count). The third-order valence-electron chi connectivity index (χ3n) is 5.48. The van der Waals surface area contributed by atoms with Crippen LogP contribution in [0.5, 0.6) is 5.75 Å². The molecule has 0 aromatic heterocycles. The zero-order valence-electron chi connectivity index (χ0n) is 19.6. The lowest BCUT2D eigenvalue weighted by molar-refractivity contribution is -0.133. The van der Waals surface area contributed by atoms with Crippen LogP contribution in [-0.4, -0.2) is 48.4 Å². The van der Waals surface area contributed by atoms with E-state index in [2.05, 4.69) is 10.6 Å². The molecule has 0 fully saturated rings. The Morgan fingerprint density at radius 1 is 1.03 bits per heavy atom. The van der Waals surface area contributed by atoms with E-state index in [0.29, 0.717) is 36.5 Å². The minimum atomic E-state index is -0.718. The van der Waals surface area contributed by atoms with Gasteiger partial charge in [-0.3, -0.25) is 14.4 Å². The smallest absolute Gasteiger partial charge is 0.260 e. The van der Waals surface area contributed by atoms with Crippen molar-refractivity contribution < 1.29 is 19.1 Å². The van der Waals surface area contributed by atoms with Gasteiger partial charge in [-0.15, -0.1) is 0 Å². The number of likely N-dealkylation sites (N-methyl/N-ethyl adjacent to an activating group) is 1. The Kier molecular flexibility index (Phi) is 10.2. The van der Waals surface area contributed by atoms with Gasteiger partial charge in [-0.25, -0.2) is 0 Å². The zero-order chi connectivity index (χ0) is 24.4. The summed E-state index contributed by atoms with van der Waals surface area (Å²) in [6.45, 7) is 8.77. The summed E-state index contributed by atoms with van der Waals surface area (Å²) in [5.74, 6) is -0.502. The predicted molar refractivity (Wildman–Crippen MR) is 131 cm³/mol. The Morgan fingerprint density at radius 3 is 2.27 bits per heavy atom. The molecule has 2 atom stereocenters. The number of ether oxygens (including phenoxy) is 1. The Hall–Kier alpha value is -3.06. The molecule has 8 heteroatoms. The summed E-state index contributed by atoms with van der Waals surface area (Å²) in [6, 6.07) is 12.9. The fourth-order valence-corrected chi connectivity index (χ4v) is 3.47. The Labute approximate surface area is 200 Å². The van der Waals surface area contributed by atoms with Crippen LogP contribution in [0.4, 0.5) is 5.69 Å². The standard InChI is InChI=1S/C25H32ClN3O4/c1-5-17(4)23(28-24(31)18-11-9-8-10-12-18)25(32)27-19-13-14-21(20(26)15-19)33-16-22(30)29(6-2)7-3/h8-15,17,23H,5-7,16H2,1-4H3,(H,27,32)(H,28,31). The topological polar surface area (TPSA) is 87.7 Å². The quantitative estimate of drug-likeness (QED) is 0.507. The highest BCUT2D eigenvalue weighted by Crippen LogP contribution is 2.28. The SMILES string of the molecule is CCC(C)C(NC(=O)c1ccccc1)C(=O)Nc1ccc(OCC(=O)N(CC)CC)c(Cl)c1. The Morgan fingerprint density at radius 2 is 1.70 bits per heavy atom. The van der Waals surface area contributed by atoms with Gasteiger partial charge in [0.1, 0.15) is 11.8 Å². The van der Waals surface area contributed by atoms with E-state index < -0.39 is 6.04 Å². The normalized spacial score (nSPS) is 12.4. The Bertz CT molecular complexity index is 948. The second-order valence-electron chi connectivity index (χ2n) is 7.69. The molecule has 0 heterocycles.